The topological polar surface area (TPSA) is 118 Å². The van der Waals surface area contributed by atoms with Crippen LogP contribution in [0, 0.1) is 0 Å². The monoisotopic (exact) mass is 355 g/mol. The van der Waals surface area contributed by atoms with Crippen LogP contribution in [0.4, 0.5) is 5.95 Å². The van der Waals surface area contributed by atoms with Gasteiger partial charge in [0.15, 0.2) is 4.99 Å². The zero-order valence-corrected chi connectivity index (χ0v) is 13.9. The molecule has 0 aromatic carbocycles. The Bertz CT molecular complexity index is 748. The lowest BCUT2D eigenvalue weighted by atomic mass is 10.1. The van der Waals surface area contributed by atoms with Gasteiger partial charge in [-0.25, -0.2) is 18.4 Å². The molecule has 1 saturated heterocycles. The molecule has 2 fully saturated rings. The number of rotatable bonds is 4. The van der Waals surface area contributed by atoms with Crippen LogP contribution in [0.25, 0.3) is 0 Å². The van der Waals surface area contributed by atoms with Crippen LogP contribution < -0.4 is 10.5 Å². The summed E-state index contributed by atoms with van der Waals surface area (Å²) in [4.78, 5) is 21.7. The van der Waals surface area contributed by atoms with Gasteiger partial charge in [-0.1, -0.05) is 12.2 Å². The van der Waals surface area contributed by atoms with E-state index in [0.29, 0.717) is 25.1 Å². The summed E-state index contributed by atoms with van der Waals surface area (Å²) in [5.74, 6) is -0.356. The summed E-state index contributed by atoms with van der Waals surface area (Å²) >= 11 is 4.75. The number of nitrogens with zero attached hydrogens (tertiary/aromatic N) is 3. The smallest absolute Gasteiger partial charge is 0.281 e. The number of anilines is 1. The van der Waals surface area contributed by atoms with Crippen molar-refractivity contribution in [3.8, 4) is 0 Å². The molecule has 10 heteroatoms. The van der Waals surface area contributed by atoms with Crippen LogP contribution in [-0.2, 0) is 14.8 Å². The van der Waals surface area contributed by atoms with E-state index in [0.717, 1.165) is 12.8 Å². The average molecular weight is 355 g/mol. The molecule has 3 rings (SSSR count). The van der Waals surface area contributed by atoms with Crippen LogP contribution in [0.5, 0.6) is 0 Å². The number of sulfonamides is 1. The molecule has 0 bridgehead atoms. The molecule has 1 aliphatic carbocycles. The first kappa shape index (κ1) is 16.1. The average Bonchev–Trinajstić information content (AvgIpc) is 3.25. The van der Waals surface area contributed by atoms with Crippen molar-refractivity contribution in [3.05, 3.63) is 18.0 Å². The molecule has 0 spiro atoms. The van der Waals surface area contributed by atoms with E-state index in [4.69, 9.17) is 18.0 Å². The van der Waals surface area contributed by atoms with E-state index in [-0.39, 0.29) is 28.1 Å². The van der Waals surface area contributed by atoms with Crippen molar-refractivity contribution in [1.82, 2.24) is 14.9 Å². The third kappa shape index (κ3) is 3.42. The van der Waals surface area contributed by atoms with Crippen molar-refractivity contribution < 1.29 is 13.2 Å². The number of likely N-dealkylation sites (tertiary alicyclic amines) is 1. The summed E-state index contributed by atoms with van der Waals surface area (Å²) in [6.45, 7) is 0.550. The van der Waals surface area contributed by atoms with E-state index in [1.807, 2.05) is 0 Å². The SMILES string of the molecule is NC(=S)C(=O)N1CCC[C@@H]1c1ccnc(NS(=O)(=O)C2CC2)n1. The Morgan fingerprint density at radius 3 is 2.78 bits per heavy atom. The highest BCUT2D eigenvalue weighted by Crippen LogP contribution is 2.32. The molecule has 1 aromatic heterocycles. The number of aromatic nitrogens is 2. The fourth-order valence-corrected chi connectivity index (χ4v) is 4.05. The zero-order valence-electron chi connectivity index (χ0n) is 12.3. The molecule has 1 aromatic rings. The molecular formula is C13H17N5O3S2. The van der Waals surface area contributed by atoms with Crippen molar-refractivity contribution in [1.29, 1.82) is 0 Å². The predicted octanol–water partition coefficient (Wildman–Crippen LogP) is 0.330. The van der Waals surface area contributed by atoms with Gasteiger partial charge in [-0.05, 0) is 31.7 Å². The Morgan fingerprint density at radius 2 is 2.13 bits per heavy atom. The van der Waals surface area contributed by atoms with Crippen LogP contribution in [0.15, 0.2) is 12.3 Å². The Morgan fingerprint density at radius 1 is 1.39 bits per heavy atom. The maximum atomic E-state index is 12.0. The molecule has 1 saturated carbocycles. The number of amides is 1. The van der Waals surface area contributed by atoms with Crippen molar-refractivity contribution >= 4 is 39.1 Å². The molecule has 3 N–H and O–H groups in total. The third-order valence-electron chi connectivity index (χ3n) is 3.94. The first-order valence-corrected chi connectivity index (χ1v) is 9.29. The Kier molecular flexibility index (Phi) is 4.19. The van der Waals surface area contributed by atoms with Crippen LogP contribution in [-0.4, -0.2) is 46.0 Å². The van der Waals surface area contributed by atoms with Crippen molar-refractivity contribution in [2.45, 2.75) is 37.0 Å². The minimum absolute atomic E-state index is 0.0315. The second kappa shape index (κ2) is 6.00. The summed E-state index contributed by atoms with van der Waals surface area (Å²) < 4.78 is 26.3. The van der Waals surface area contributed by atoms with E-state index < -0.39 is 10.0 Å². The van der Waals surface area contributed by atoms with Gasteiger partial charge in [-0.3, -0.25) is 9.52 Å². The lowest BCUT2D eigenvalue weighted by Crippen LogP contribution is -2.39. The van der Waals surface area contributed by atoms with Crippen molar-refractivity contribution in [2.24, 2.45) is 5.73 Å². The van der Waals surface area contributed by atoms with Gasteiger partial charge in [0.05, 0.1) is 17.0 Å². The minimum atomic E-state index is -3.42. The maximum absolute atomic E-state index is 12.0. The van der Waals surface area contributed by atoms with Gasteiger partial charge in [-0.2, -0.15) is 0 Å². The van der Waals surface area contributed by atoms with Gasteiger partial charge >= 0.3 is 0 Å². The molecule has 23 heavy (non-hydrogen) atoms. The second-order valence-corrected chi connectivity index (χ2v) is 8.07. The van der Waals surface area contributed by atoms with Crippen molar-refractivity contribution in [3.63, 3.8) is 0 Å². The van der Waals surface area contributed by atoms with Gasteiger partial charge in [0.1, 0.15) is 0 Å². The minimum Gasteiger partial charge on any atom is -0.385 e. The molecule has 0 unspecified atom stereocenters. The summed E-state index contributed by atoms with van der Waals surface area (Å²) in [6, 6.07) is 1.40. The Labute approximate surface area is 139 Å². The first-order chi connectivity index (χ1) is 10.9. The van der Waals surface area contributed by atoms with Crippen LogP contribution in [0.3, 0.4) is 0 Å². The molecule has 1 amide bonds. The molecule has 2 heterocycles. The number of nitrogens with one attached hydrogen (secondary N) is 1. The molecular weight excluding hydrogens is 338 g/mol. The quantitative estimate of drug-likeness (QED) is 0.747. The summed E-state index contributed by atoms with van der Waals surface area (Å²) in [6.07, 6.45) is 4.34. The Balaban J connectivity index is 1.81. The highest BCUT2D eigenvalue weighted by Gasteiger charge is 2.37. The highest BCUT2D eigenvalue weighted by atomic mass is 32.2. The van der Waals surface area contributed by atoms with E-state index in [1.54, 1.807) is 11.0 Å². The van der Waals surface area contributed by atoms with Crippen molar-refractivity contribution in [2.75, 3.05) is 11.3 Å². The fourth-order valence-electron chi connectivity index (χ4n) is 2.66. The lowest BCUT2D eigenvalue weighted by molar-refractivity contribution is -0.124. The van der Waals surface area contributed by atoms with Gasteiger partial charge < -0.3 is 10.6 Å². The summed E-state index contributed by atoms with van der Waals surface area (Å²) in [7, 11) is -3.42. The fraction of sp³-hybridized carbons (Fsp3) is 0.538. The van der Waals surface area contributed by atoms with E-state index >= 15 is 0 Å². The summed E-state index contributed by atoms with van der Waals surface area (Å²) in [5, 5.41) is -0.353. The lowest BCUT2D eigenvalue weighted by Gasteiger charge is -2.23. The molecule has 2 aliphatic rings. The first-order valence-electron chi connectivity index (χ1n) is 7.33. The van der Waals surface area contributed by atoms with Gasteiger partial charge in [0, 0.05) is 12.7 Å². The molecule has 0 radical (unpaired) electrons. The van der Waals surface area contributed by atoms with Gasteiger partial charge in [-0.15, -0.1) is 0 Å². The standard InChI is InChI=1S/C13H17N5O3S2/c14-11(22)12(19)18-7-1-2-10(18)9-5-6-15-13(16-9)17-23(20,21)8-3-4-8/h5-6,8,10H,1-4,7H2,(H2,14,22)(H,15,16,17)/t10-/m1/s1. The maximum Gasteiger partial charge on any atom is 0.281 e. The number of thiocarbonyl (C=S) groups is 1. The number of carbonyl (C=O) groups is 1. The van der Waals surface area contributed by atoms with Gasteiger partial charge in [0.2, 0.25) is 16.0 Å². The molecule has 8 nitrogen and oxygen atoms in total. The van der Waals surface area contributed by atoms with Gasteiger partial charge in [0.25, 0.3) is 5.91 Å². The second-order valence-electron chi connectivity index (χ2n) is 5.67. The molecule has 1 atom stereocenters. The van der Waals surface area contributed by atoms with E-state index in [2.05, 4.69) is 14.7 Å². The normalized spacial score (nSPS) is 21.2. The van der Waals surface area contributed by atoms with Crippen LogP contribution in [0.2, 0.25) is 0 Å². The number of carbonyl (C=O) groups excluding carboxylic acids is 1. The highest BCUT2D eigenvalue weighted by molar-refractivity contribution is 7.93. The Hall–Kier alpha value is -1.81. The third-order valence-corrected chi connectivity index (χ3v) is 5.93. The van der Waals surface area contributed by atoms with E-state index in [1.165, 1.54) is 6.20 Å². The number of hydrogen-bond donors (Lipinski definition) is 2. The van der Waals surface area contributed by atoms with Crippen LogP contribution in [0.1, 0.15) is 37.4 Å². The predicted molar refractivity (Wildman–Crippen MR) is 88.1 cm³/mol. The van der Waals surface area contributed by atoms with E-state index in [9.17, 15) is 13.2 Å². The number of hydrogen-bond acceptors (Lipinski definition) is 6. The molecule has 1 aliphatic heterocycles. The zero-order chi connectivity index (χ0) is 16.6. The molecule has 124 valence electrons. The summed E-state index contributed by atoms with van der Waals surface area (Å²) in [5.41, 5.74) is 6.00. The van der Waals surface area contributed by atoms with Crippen LogP contribution >= 0.6 is 12.2 Å². The number of nitrogens with two attached hydrogens (primary N) is 1. The largest absolute Gasteiger partial charge is 0.385 e.